The number of carbonyl (C=O) groups excluding carboxylic acids is 1. The molecule has 19 heavy (non-hydrogen) atoms. The Morgan fingerprint density at radius 2 is 2.11 bits per heavy atom. The fourth-order valence-electron chi connectivity index (χ4n) is 2.67. The molecule has 1 aliphatic rings. The van der Waals surface area contributed by atoms with Gasteiger partial charge in [0.25, 0.3) is 0 Å². The van der Waals surface area contributed by atoms with Gasteiger partial charge in [-0.2, -0.15) is 0 Å². The molecule has 1 aromatic carbocycles. The van der Waals surface area contributed by atoms with Gasteiger partial charge in [0.15, 0.2) is 11.5 Å². The van der Waals surface area contributed by atoms with E-state index in [4.69, 9.17) is 9.47 Å². The third kappa shape index (κ3) is 3.49. The standard InChI is InChI=1S/C16H22O3/c1-3-19-16-11-12(8-9-15(16)18-2)10-13-6-4-5-7-14(13)17/h8-9,11,13H,3-7,10H2,1-2H3. The van der Waals surface area contributed by atoms with Crippen molar-refractivity contribution in [2.45, 2.75) is 39.0 Å². The second-order valence-electron chi connectivity index (χ2n) is 5.03. The van der Waals surface area contributed by atoms with Gasteiger partial charge < -0.3 is 9.47 Å². The maximum absolute atomic E-state index is 11.9. The van der Waals surface area contributed by atoms with E-state index in [1.165, 1.54) is 6.42 Å². The summed E-state index contributed by atoms with van der Waals surface area (Å²) in [5.41, 5.74) is 1.16. The molecule has 0 amide bonds. The van der Waals surface area contributed by atoms with Crippen LogP contribution in [0.25, 0.3) is 0 Å². The molecule has 0 spiro atoms. The highest BCUT2D eigenvalue weighted by Crippen LogP contribution is 2.31. The lowest BCUT2D eigenvalue weighted by Gasteiger charge is -2.21. The van der Waals surface area contributed by atoms with Crippen molar-refractivity contribution in [3.05, 3.63) is 23.8 Å². The Morgan fingerprint density at radius 1 is 1.26 bits per heavy atom. The summed E-state index contributed by atoms with van der Waals surface area (Å²) in [7, 11) is 1.64. The molecule has 104 valence electrons. The molecule has 1 fully saturated rings. The van der Waals surface area contributed by atoms with Gasteiger partial charge in [-0.25, -0.2) is 0 Å². The summed E-state index contributed by atoms with van der Waals surface area (Å²) >= 11 is 0. The molecule has 0 aromatic heterocycles. The first-order valence-electron chi connectivity index (χ1n) is 7.07. The van der Waals surface area contributed by atoms with E-state index in [-0.39, 0.29) is 5.92 Å². The first-order chi connectivity index (χ1) is 9.24. The molecular formula is C16H22O3. The summed E-state index contributed by atoms with van der Waals surface area (Å²) in [4.78, 5) is 11.9. The third-order valence-electron chi connectivity index (χ3n) is 3.69. The molecule has 3 nitrogen and oxygen atoms in total. The number of ether oxygens (including phenoxy) is 2. The number of rotatable bonds is 5. The highest BCUT2D eigenvalue weighted by atomic mass is 16.5. The van der Waals surface area contributed by atoms with Crippen molar-refractivity contribution < 1.29 is 14.3 Å². The summed E-state index contributed by atoms with van der Waals surface area (Å²) in [6, 6.07) is 5.96. The summed E-state index contributed by atoms with van der Waals surface area (Å²) in [5.74, 6) is 2.13. The molecule has 0 radical (unpaired) electrons. The van der Waals surface area contributed by atoms with E-state index in [1.54, 1.807) is 7.11 Å². The van der Waals surface area contributed by atoms with Crippen molar-refractivity contribution in [3.8, 4) is 11.5 Å². The van der Waals surface area contributed by atoms with Crippen LogP contribution < -0.4 is 9.47 Å². The van der Waals surface area contributed by atoms with Gasteiger partial charge in [-0.1, -0.05) is 12.5 Å². The predicted octanol–water partition coefficient (Wildman–Crippen LogP) is 3.40. The van der Waals surface area contributed by atoms with Gasteiger partial charge in [0.05, 0.1) is 13.7 Å². The van der Waals surface area contributed by atoms with Crippen molar-refractivity contribution in [3.63, 3.8) is 0 Å². The second kappa shape index (κ2) is 6.60. The van der Waals surface area contributed by atoms with Crippen LogP contribution in [-0.4, -0.2) is 19.5 Å². The third-order valence-corrected chi connectivity index (χ3v) is 3.69. The summed E-state index contributed by atoms with van der Waals surface area (Å²) < 4.78 is 10.8. The van der Waals surface area contributed by atoms with Gasteiger partial charge in [0, 0.05) is 12.3 Å². The van der Waals surface area contributed by atoms with E-state index in [0.29, 0.717) is 12.4 Å². The Bertz CT molecular complexity index is 440. The Labute approximate surface area is 114 Å². The maximum atomic E-state index is 11.9. The number of Topliss-reactive ketones (excluding diaryl/α,β-unsaturated/α-hetero) is 1. The normalized spacial score (nSPS) is 19.3. The molecule has 3 heteroatoms. The van der Waals surface area contributed by atoms with Crippen molar-refractivity contribution in [1.29, 1.82) is 0 Å². The van der Waals surface area contributed by atoms with Crippen molar-refractivity contribution in [1.82, 2.24) is 0 Å². The van der Waals surface area contributed by atoms with Crippen molar-refractivity contribution >= 4 is 5.78 Å². The van der Waals surface area contributed by atoms with E-state index in [0.717, 1.165) is 42.7 Å². The average molecular weight is 262 g/mol. The Kier molecular flexibility index (Phi) is 4.83. The van der Waals surface area contributed by atoms with E-state index in [9.17, 15) is 4.79 Å². The van der Waals surface area contributed by atoms with Gasteiger partial charge in [-0.05, 0) is 43.9 Å². The lowest BCUT2D eigenvalue weighted by atomic mass is 9.84. The van der Waals surface area contributed by atoms with Crippen LogP contribution in [0.2, 0.25) is 0 Å². The summed E-state index contributed by atoms with van der Waals surface area (Å²) in [5, 5.41) is 0. The zero-order valence-corrected chi connectivity index (χ0v) is 11.8. The second-order valence-corrected chi connectivity index (χ2v) is 5.03. The fourth-order valence-corrected chi connectivity index (χ4v) is 2.67. The molecule has 1 saturated carbocycles. The lowest BCUT2D eigenvalue weighted by molar-refractivity contribution is -0.124. The number of hydrogen-bond acceptors (Lipinski definition) is 3. The van der Waals surface area contributed by atoms with Crippen LogP contribution in [0, 0.1) is 5.92 Å². The quantitative estimate of drug-likeness (QED) is 0.816. The zero-order chi connectivity index (χ0) is 13.7. The Hall–Kier alpha value is -1.51. The molecular weight excluding hydrogens is 240 g/mol. The summed E-state index contributed by atoms with van der Waals surface area (Å²) in [6.07, 6.45) is 4.82. The van der Waals surface area contributed by atoms with Crippen molar-refractivity contribution in [2.24, 2.45) is 5.92 Å². The average Bonchev–Trinajstić information content (AvgIpc) is 2.42. The van der Waals surface area contributed by atoms with Crippen LogP contribution >= 0.6 is 0 Å². The summed E-state index contributed by atoms with van der Waals surface area (Å²) in [6.45, 7) is 2.57. The largest absolute Gasteiger partial charge is 0.493 e. The number of carbonyl (C=O) groups is 1. The molecule has 1 aromatic rings. The molecule has 0 saturated heterocycles. The zero-order valence-electron chi connectivity index (χ0n) is 11.8. The number of methoxy groups -OCH3 is 1. The SMILES string of the molecule is CCOc1cc(CC2CCCCC2=O)ccc1OC. The van der Waals surface area contributed by atoms with Crippen LogP contribution in [0.1, 0.15) is 38.2 Å². The van der Waals surface area contributed by atoms with Gasteiger partial charge in [-0.3, -0.25) is 4.79 Å². The van der Waals surface area contributed by atoms with Crippen LogP contribution in [0.4, 0.5) is 0 Å². The highest BCUT2D eigenvalue weighted by molar-refractivity contribution is 5.81. The first-order valence-corrected chi connectivity index (χ1v) is 7.07. The minimum absolute atomic E-state index is 0.191. The highest BCUT2D eigenvalue weighted by Gasteiger charge is 2.22. The first kappa shape index (κ1) is 13.9. The minimum atomic E-state index is 0.191. The van der Waals surface area contributed by atoms with Crippen LogP contribution in [0.5, 0.6) is 11.5 Å². The van der Waals surface area contributed by atoms with Gasteiger partial charge in [0.2, 0.25) is 0 Å². The van der Waals surface area contributed by atoms with Crippen LogP contribution in [0.15, 0.2) is 18.2 Å². The maximum Gasteiger partial charge on any atom is 0.161 e. The molecule has 1 unspecified atom stereocenters. The predicted molar refractivity (Wildman–Crippen MR) is 74.8 cm³/mol. The molecule has 1 atom stereocenters. The van der Waals surface area contributed by atoms with E-state index < -0.39 is 0 Å². The molecule has 1 aliphatic carbocycles. The molecule has 0 heterocycles. The number of benzene rings is 1. The topological polar surface area (TPSA) is 35.5 Å². The molecule has 0 aliphatic heterocycles. The smallest absolute Gasteiger partial charge is 0.161 e. The van der Waals surface area contributed by atoms with Crippen LogP contribution in [0.3, 0.4) is 0 Å². The molecule has 0 N–H and O–H groups in total. The Balaban J connectivity index is 2.11. The molecule has 2 rings (SSSR count). The van der Waals surface area contributed by atoms with Gasteiger partial charge in [-0.15, -0.1) is 0 Å². The molecule has 0 bridgehead atoms. The van der Waals surface area contributed by atoms with Gasteiger partial charge in [0.1, 0.15) is 5.78 Å². The van der Waals surface area contributed by atoms with Crippen molar-refractivity contribution in [2.75, 3.05) is 13.7 Å². The van der Waals surface area contributed by atoms with Crippen LogP contribution in [-0.2, 0) is 11.2 Å². The number of ketones is 1. The fraction of sp³-hybridized carbons (Fsp3) is 0.562. The lowest BCUT2D eigenvalue weighted by Crippen LogP contribution is -2.21. The van der Waals surface area contributed by atoms with Gasteiger partial charge >= 0.3 is 0 Å². The van der Waals surface area contributed by atoms with E-state index in [2.05, 4.69) is 0 Å². The number of hydrogen-bond donors (Lipinski definition) is 0. The monoisotopic (exact) mass is 262 g/mol. The minimum Gasteiger partial charge on any atom is -0.493 e. The van der Waals surface area contributed by atoms with E-state index >= 15 is 0 Å². The van der Waals surface area contributed by atoms with E-state index in [1.807, 2.05) is 25.1 Å². The Morgan fingerprint density at radius 3 is 2.79 bits per heavy atom.